The fraction of sp³-hybridized carbons (Fsp3) is 0.385. The van der Waals surface area contributed by atoms with E-state index in [1.54, 1.807) is 4.90 Å². The monoisotopic (exact) mass is 465 g/mol. The molecule has 2 heterocycles. The van der Waals surface area contributed by atoms with E-state index in [0.29, 0.717) is 60.2 Å². The maximum Gasteiger partial charge on any atom is 0.273 e. The van der Waals surface area contributed by atoms with Crippen LogP contribution in [0.15, 0.2) is 30.3 Å². The van der Waals surface area contributed by atoms with E-state index in [4.69, 9.17) is 9.47 Å². The Labute approximate surface area is 199 Å². The Hall–Kier alpha value is -3.52. The Kier molecular flexibility index (Phi) is 6.79. The van der Waals surface area contributed by atoms with E-state index < -0.39 is 6.04 Å². The predicted molar refractivity (Wildman–Crippen MR) is 129 cm³/mol. The van der Waals surface area contributed by atoms with Gasteiger partial charge < -0.3 is 24.6 Å². The standard InChI is InChI=1S/C26H31N3O5/c1-5-33-19-9-8-17(14-20(19)34-6-2)24-21-22(18-13-15(3)12-16(4)25(18)31)27-28-23(21)26(32)29(24)10-7-11-30/h8-9,12-14,24,30-31H,5-7,10-11H2,1-4H3,(H,27,28). The molecule has 0 spiro atoms. The summed E-state index contributed by atoms with van der Waals surface area (Å²) in [6.45, 7) is 8.95. The first-order chi connectivity index (χ1) is 16.4. The molecule has 3 aromatic rings. The van der Waals surface area contributed by atoms with Gasteiger partial charge in [0.05, 0.1) is 19.3 Å². The smallest absolute Gasteiger partial charge is 0.273 e. The number of aliphatic hydroxyl groups excluding tert-OH is 1. The first-order valence-electron chi connectivity index (χ1n) is 11.6. The highest BCUT2D eigenvalue weighted by molar-refractivity contribution is 6.00. The van der Waals surface area contributed by atoms with E-state index >= 15 is 0 Å². The first-order valence-corrected chi connectivity index (χ1v) is 11.6. The van der Waals surface area contributed by atoms with Crippen LogP contribution in [0.5, 0.6) is 17.2 Å². The van der Waals surface area contributed by atoms with Crippen LogP contribution >= 0.6 is 0 Å². The number of nitrogens with zero attached hydrogens (tertiary/aromatic N) is 2. The summed E-state index contributed by atoms with van der Waals surface area (Å²) >= 11 is 0. The number of H-pyrrole nitrogens is 1. The maximum atomic E-state index is 13.4. The van der Waals surface area contributed by atoms with Gasteiger partial charge in [-0.15, -0.1) is 0 Å². The molecule has 0 aliphatic carbocycles. The second kappa shape index (κ2) is 9.77. The second-order valence-electron chi connectivity index (χ2n) is 8.39. The van der Waals surface area contributed by atoms with Gasteiger partial charge in [0.15, 0.2) is 11.5 Å². The zero-order valence-electron chi connectivity index (χ0n) is 20.0. The molecule has 8 nitrogen and oxygen atoms in total. The number of aliphatic hydroxyl groups is 1. The fourth-order valence-corrected chi connectivity index (χ4v) is 4.60. The fourth-order valence-electron chi connectivity index (χ4n) is 4.60. The highest BCUT2D eigenvalue weighted by Gasteiger charge is 2.42. The molecule has 0 saturated carbocycles. The van der Waals surface area contributed by atoms with Crippen LogP contribution in [-0.2, 0) is 0 Å². The minimum absolute atomic E-state index is 0.0269. The number of aromatic hydroxyl groups is 1. The summed E-state index contributed by atoms with van der Waals surface area (Å²) in [5.74, 6) is 1.19. The number of carbonyl (C=O) groups excluding carboxylic acids is 1. The van der Waals surface area contributed by atoms with E-state index in [0.717, 1.165) is 16.7 Å². The topological polar surface area (TPSA) is 108 Å². The zero-order valence-corrected chi connectivity index (χ0v) is 20.0. The number of aromatic amines is 1. The van der Waals surface area contributed by atoms with E-state index in [1.165, 1.54) is 0 Å². The second-order valence-corrected chi connectivity index (χ2v) is 8.39. The van der Waals surface area contributed by atoms with Crippen LogP contribution in [0.3, 0.4) is 0 Å². The SMILES string of the molecule is CCOc1ccc(C2c3c(-c4cc(C)cc(C)c4O)n[nH]c3C(=O)N2CCCO)cc1OCC. The average molecular weight is 466 g/mol. The number of fused-ring (bicyclic) bond motifs is 1. The van der Waals surface area contributed by atoms with E-state index in [1.807, 2.05) is 58.0 Å². The third-order valence-corrected chi connectivity index (χ3v) is 6.00. The van der Waals surface area contributed by atoms with E-state index in [2.05, 4.69) is 10.2 Å². The summed E-state index contributed by atoms with van der Waals surface area (Å²) in [6, 6.07) is 8.99. The summed E-state index contributed by atoms with van der Waals surface area (Å²) in [7, 11) is 0. The molecule has 8 heteroatoms. The quantitative estimate of drug-likeness (QED) is 0.439. The third kappa shape index (κ3) is 4.09. The number of phenols is 1. The molecule has 0 saturated heterocycles. The van der Waals surface area contributed by atoms with Gasteiger partial charge in [-0.3, -0.25) is 9.89 Å². The van der Waals surface area contributed by atoms with Crippen molar-refractivity contribution >= 4 is 5.91 Å². The van der Waals surface area contributed by atoms with Crippen LogP contribution in [-0.4, -0.2) is 57.6 Å². The van der Waals surface area contributed by atoms with Crippen LogP contribution < -0.4 is 9.47 Å². The minimum atomic E-state index is -0.460. The highest BCUT2D eigenvalue weighted by atomic mass is 16.5. The minimum Gasteiger partial charge on any atom is -0.507 e. The number of aromatic nitrogens is 2. The molecule has 0 fully saturated rings. The molecule has 1 unspecified atom stereocenters. The van der Waals surface area contributed by atoms with Gasteiger partial charge in [-0.1, -0.05) is 12.1 Å². The Bertz CT molecular complexity index is 1200. The van der Waals surface area contributed by atoms with Crippen LogP contribution in [0, 0.1) is 13.8 Å². The molecule has 180 valence electrons. The summed E-state index contributed by atoms with van der Waals surface area (Å²) in [5, 5.41) is 27.7. The van der Waals surface area contributed by atoms with E-state index in [-0.39, 0.29) is 18.3 Å². The van der Waals surface area contributed by atoms with Crippen LogP contribution in [0.4, 0.5) is 0 Å². The number of rotatable bonds is 9. The Balaban J connectivity index is 1.90. The van der Waals surface area contributed by atoms with Gasteiger partial charge in [0.2, 0.25) is 0 Å². The van der Waals surface area contributed by atoms with Gasteiger partial charge in [-0.25, -0.2) is 0 Å². The zero-order chi connectivity index (χ0) is 24.4. The third-order valence-electron chi connectivity index (χ3n) is 6.00. The summed E-state index contributed by atoms with van der Waals surface area (Å²) in [5.41, 5.74) is 4.77. The Morgan fingerprint density at radius 2 is 1.82 bits per heavy atom. The lowest BCUT2D eigenvalue weighted by atomic mass is 9.94. The van der Waals surface area contributed by atoms with Crippen molar-refractivity contribution in [2.24, 2.45) is 0 Å². The molecule has 1 amide bonds. The summed E-state index contributed by atoms with van der Waals surface area (Å²) in [6.07, 6.45) is 0.444. The Morgan fingerprint density at radius 1 is 1.09 bits per heavy atom. The van der Waals surface area contributed by atoms with Gasteiger partial charge in [-0.05, 0) is 69.0 Å². The number of nitrogens with one attached hydrogen (secondary N) is 1. The van der Waals surface area contributed by atoms with E-state index in [9.17, 15) is 15.0 Å². The van der Waals surface area contributed by atoms with Crippen molar-refractivity contribution in [3.05, 3.63) is 58.3 Å². The number of hydrogen-bond donors (Lipinski definition) is 3. The number of phenolic OH excluding ortho intramolecular Hbond substituents is 1. The van der Waals surface area contributed by atoms with Gasteiger partial charge in [0, 0.05) is 24.3 Å². The largest absolute Gasteiger partial charge is 0.507 e. The molecule has 0 radical (unpaired) electrons. The molecule has 1 atom stereocenters. The van der Waals surface area contributed by atoms with Gasteiger partial charge in [0.1, 0.15) is 17.1 Å². The number of hydrogen-bond acceptors (Lipinski definition) is 6. The van der Waals surface area contributed by atoms with Gasteiger partial charge in [0.25, 0.3) is 5.91 Å². The maximum absolute atomic E-state index is 13.4. The molecular weight excluding hydrogens is 434 g/mol. The van der Waals surface area contributed by atoms with Crippen molar-refractivity contribution < 1.29 is 24.5 Å². The lowest BCUT2D eigenvalue weighted by Crippen LogP contribution is -2.31. The van der Waals surface area contributed by atoms with Crippen LogP contribution in [0.25, 0.3) is 11.3 Å². The molecule has 4 rings (SSSR count). The molecule has 2 aromatic carbocycles. The van der Waals surface area contributed by atoms with Crippen molar-refractivity contribution in [3.8, 4) is 28.5 Å². The van der Waals surface area contributed by atoms with Crippen molar-refractivity contribution in [2.45, 2.75) is 40.2 Å². The predicted octanol–water partition coefficient (Wildman–Crippen LogP) is 4.12. The molecule has 0 bridgehead atoms. The number of ether oxygens (including phenoxy) is 2. The number of aryl methyl sites for hydroxylation is 2. The van der Waals surface area contributed by atoms with Gasteiger partial charge >= 0.3 is 0 Å². The molecule has 3 N–H and O–H groups in total. The molecule has 1 aliphatic rings. The highest BCUT2D eigenvalue weighted by Crippen LogP contribution is 2.46. The number of amides is 1. The van der Waals surface area contributed by atoms with Crippen molar-refractivity contribution in [1.29, 1.82) is 0 Å². The summed E-state index contributed by atoms with van der Waals surface area (Å²) in [4.78, 5) is 15.1. The summed E-state index contributed by atoms with van der Waals surface area (Å²) < 4.78 is 11.6. The normalized spacial score (nSPS) is 15.0. The average Bonchev–Trinajstić information content (AvgIpc) is 3.35. The lowest BCUT2D eigenvalue weighted by molar-refractivity contribution is 0.0732. The van der Waals surface area contributed by atoms with Gasteiger partial charge in [-0.2, -0.15) is 5.10 Å². The first kappa shape index (κ1) is 23.6. The van der Waals surface area contributed by atoms with Crippen LogP contribution in [0.1, 0.15) is 59.1 Å². The number of benzene rings is 2. The molecule has 34 heavy (non-hydrogen) atoms. The van der Waals surface area contributed by atoms with Crippen molar-refractivity contribution in [3.63, 3.8) is 0 Å². The molecule has 1 aromatic heterocycles. The van der Waals surface area contributed by atoms with Crippen LogP contribution in [0.2, 0.25) is 0 Å². The molecular formula is C26H31N3O5. The lowest BCUT2D eigenvalue weighted by Gasteiger charge is -2.27. The van der Waals surface area contributed by atoms with Crippen molar-refractivity contribution in [2.75, 3.05) is 26.4 Å². The van der Waals surface area contributed by atoms with Crippen molar-refractivity contribution in [1.82, 2.24) is 15.1 Å². The Morgan fingerprint density at radius 3 is 2.53 bits per heavy atom. The number of carbonyl (C=O) groups is 1. The molecule has 1 aliphatic heterocycles.